The number of hydrogen-bond donors (Lipinski definition) is 2. The standard InChI is InChI=1S/C17H25N3O3S.HI/c1-18-16(20-11-17(24-2)5-7-21-8-6-17)19-10-13-3-4-14-15(9-13)23-12-22-14;/h3-4,9H,5-8,10-12H2,1-2H3,(H2,18,19,20);1H. The molecule has 0 saturated carbocycles. The molecule has 1 aromatic carbocycles. The summed E-state index contributed by atoms with van der Waals surface area (Å²) in [5, 5.41) is 6.82. The maximum Gasteiger partial charge on any atom is 0.231 e. The van der Waals surface area contributed by atoms with Crippen LogP contribution in [-0.2, 0) is 11.3 Å². The van der Waals surface area contributed by atoms with Crippen LogP contribution in [0.15, 0.2) is 23.2 Å². The minimum absolute atomic E-state index is 0. The zero-order valence-corrected chi connectivity index (χ0v) is 17.8. The van der Waals surface area contributed by atoms with E-state index in [0.717, 1.165) is 55.6 Å². The third kappa shape index (κ3) is 5.30. The first kappa shape index (κ1) is 20.4. The summed E-state index contributed by atoms with van der Waals surface area (Å²) in [6.45, 7) is 3.55. The van der Waals surface area contributed by atoms with Gasteiger partial charge in [-0.15, -0.1) is 24.0 Å². The minimum atomic E-state index is 0. The minimum Gasteiger partial charge on any atom is -0.454 e. The number of halogens is 1. The summed E-state index contributed by atoms with van der Waals surface area (Å²) >= 11 is 1.92. The highest BCUT2D eigenvalue weighted by atomic mass is 127. The summed E-state index contributed by atoms with van der Waals surface area (Å²) in [5.74, 6) is 2.43. The van der Waals surface area contributed by atoms with Gasteiger partial charge in [0.2, 0.25) is 6.79 Å². The second kappa shape index (κ2) is 9.72. The van der Waals surface area contributed by atoms with Crippen LogP contribution < -0.4 is 20.1 Å². The Bertz CT molecular complexity index is 595. The van der Waals surface area contributed by atoms with Crippen molar-refractivity contribution in [2.24, 2.45) is 4.99 Å². The normalized spacial score (nSPS) is 18.4. The highest BCUT2D eigenvalue weighted by Crippen LogP contribution is 2.33. The fraction of sp³-hybridized carbons (Fsp3) is 0.588. The largest absolute Gasteiger partial charge is 0.454 e. The van der Waals surface area contributed by atoms with E-state index in [4.69, 9.17) is 14.2 Å². The molecule has 0 aliphatic carbocycles. The molecular formula is C17H26IN3O3S. The number of hydrogen-bond acceptors (Lipinski definition) is 5. The van der Waals surface area contributed by atoms with Gasteiger partial charge >= 0.3 is 0 Å². The van der Waals surface area contributed by atoms with Gasteiger partial charge in [-0.3, -0.25) is 4.99 Å². The maximum absolute atomic E-state index is 5.49. The lowest BCUT2D eigenvalue weighted by Crippen LogP contribution is -2.47. The van der Waals surface area contributed by atoms with E-state index < -0.39 is 0 Å². The van der Waals surface area contributed by atoms with E-state index in [1.807, 2.05) is 30.0 Å². The van der Waals surface area contributed by atoms with Crippen molar-refractivity contribution in [1.29, 1.82) is 0 Å². The molecule has 1 aromatic rings. The molecule has 3 rings (SSSR count). The first-order valence-electron chi connectivity index (χ1n) is 8.21. The van der Waals surface area contributed by atoms with Gasteiger partial charge in [0, 0.05) is 38.1 Å². The van der Waals surface area contributed by atoms with Crippen molar-refractivity contribution < 1.29 is 14.2 Å². The van der Waals surface area contributed by atoms with Crippen molar-refractivity contribution in [3.8, 4) is 11.5 Å². The summed E-state index contributed by atoms with van der Waals surface area (Å²) in [5.41, 5.74) is 1.13. The van der Waals surface area contributed by atoms with E-state index in [1.54, 1.807) is 7.05 Å². The molecule has 0 spiro atoms. The van der Waals surface area contributed by atoms with Crippen LogP contribution in [0.1, 0.15) is 18.4 Å². The molecule has 2 aliphatic rings. The van der Waals surface area contributed by atoms with Crippen LogP contribution in [0.2, 0.25) is 0 Å². The number of aliphatic imine (C=N–C) groups is 1. The van der Waals surface area contributed by atoms with Crippen LogP contribution in [-0.4, -0.2) is 50.6 Å². The van der Waals surface area contributed by atoms with E-state index >= 15 is 0 Å². The maximum atomic E-state index is 5.49. The van der Waals surface area contributed by atoms with Crippen molar-refractivity contribution >= 4 is 41.7 Å². The molecule has 0 radical (unpaired) electrons. The van der Waals surface area contributed by atoms with Gasteiger partial charge in [0.25, 0.3) is 0 Å². The molecule has 0 amide bonds. The lowest BCUT2D eigenvalue weighted by molar-refractivity contribution is 0.0783. The molecule has 2 N–H and O–H groups in total. The van der Waals surface area contributed by atoms with Crippen LogP contribution in [0.5, 0.6) is 11.5 Å². The van der Waals surface area contributed by atoms with Crippen LogP contribution in [0, 0.1) is 0 Å². The third-order valence-electron chi connectivity index (χ3n) is 4.54. The van der Waals surface area contributed by atoms with E-state index in [2.05, 4.69) is 21.9 Å². The van der Waals surface area contributed by atoms with Crippen molar-refractivity contribution in [2.75, 3.05) is 39.9 Å². The first-order valence-corrected chi connectivity index (χ1v) is 9.43. The molecule has 0 atom stereocenters. The molecule has 25 heavy (non-hydrogen) atoms. The zero-order chi connectivity index (χ0) is 16.8. The number of benzene rings is 1. The lowest BCUT2D eigenvalue weighted by Gasteiger charge is -2.36. The summed E-state index contributed by atoms with van der Waals surface area (Å²) < 4.78 is 16.5. The zero-order valence-electron chi connectivity index (χ0n) is 14.7. The molecule has 1 saturated heterocycles. The molecule has 0 aromatic heterocycles. The molecule has 8 heteroatoms. The van der Waals surface area contributed by atoms with Crippen LogP contribution in [0.4, 0.5) is 0 Å². The van der Waals surface area contributed by atoms with Gasteiger partial charge in [-0.05, 0) is 36.8 Å². The Morgan fingerprint density at radius 2 is 1.96 bits per heavy atom. The summed E-state index contributed by atoms with van der Waals surface area (Å²) in [6.07, 6.45) is 4.32. The van der Waals surface area contributed by atoms with E-state index in [1.165, 1.54) is 0 Å². The van der Waals surface area contributed by atoms with Crippen molar-refractivity contribution in [3.05, 3.63) is 23.8 Å². The quantitative estimate of drug-likeness (QED) is 0.385. The Kier molecular flexibility index (Phi) is 7.95. The van der Waals surface area contributed by atoms with Crippen LogP contribution in [0.25, 0.3) is 0 Å². The number of thioether (sulfide) groups is 1. The van der Waals surface area contributed by atoms with Crippen LogP contribution in [0.3, 0.4) is 0 Å². The molecule has 0 bridgehead atoms. The highest BCUT2D eigenvalue weighted by molar-refractivity contribution is 14.0. The van der Waals surface area contributed by atoms with Gasteiger partial charge in [-0.2, -0.15) is 11.8 Å². The molecule has 140 valence electrons. The molecular weight excluding hydrogens is 453 g/mol. The van der Waals surface area contributed by atoms with E-state index in [-0.39, 0.29) is 28.7 Å². The molecule has 0 unspecified atom stereocenters. The van der Waals surface area contributed by atoms with Gasteiger partial charge < -0.3 is 24.8 Å². The number of nitrogens with one attached hydrogen (secondary N) is 2. The lowest BCUT2D eigenvalue weighted by atomic mass is 9.99. The topological polar surface area (TPSA) is 64.1 Å². The van der Waals surface area contributed by atoms with Gasteiger partial charge in [-0.25, -0.2) is 0 Å². The molecule has 2 aliphatic heterocycles. The molecule has 2 heterocycles. The first-order chi connectivity index (χ1) is 11.7. The van der Waals surface area contributed by atoms with Gasteiger partial charge in [0.1, 0.15) is 0 Å². The summed E-state index contributed by atoms with van der Waals surface area (Å²) in [4.78, 5) is 4.32. The Morgan fingerprint density at radius 3 is 2.68 bits per heavy atom. The Morgan fingerprint density at radius 1 is 1.20 bits per heavy atom. The third-order valence-corrected chi connectivity index (χ3v) is 5.95. The molecule has 6 nitrogen and oxygen atoms in total. The average Bonchev–Trinajstić information content (AvgIpc) is 3.10. The Balaban J connectivity index is 0.00000225. The van der Waals surface area contributed by atoms with E-state index in [9.17, 15) is 0 Å². The van der Waals surface area contributed by atoms with Crippen molar-refractivity contribution in [2.45, 2.75) is 24.1 Å². The monoisotopic (exact) mass is 479 g/mol. The number of nitrogens with zero attached hydrogens (tertiary/aromatic N) is 1. The Hall–Kier alpha value is -0.870. The van der Waals surface area contributed by atoms with Gasteiger partial charge in [0.15, 0.2) is 17.5 Å². The Labute approximate surface area is 170 Å². The van der Waals surface area contributed by atoms with Crippen molar-refractivity contribution in [3.63, 3.8) is 0 Å². The highest BCUT2D eigenvalue weighted by Gasteiger charge is 2.31. The number of guanidine groups is 1. The van der Waals surface area contributed by atoms with Crippen LogP contribution >= 0.6 is 35.7 Å². The number of rotatable bonds is 5. The molecule has 1 fully saturated rings. The average molecular weight is 479 g/mol. The predicted molar refractivity (Wildman–Crippen MR) is 112 cm³/mol. The SMILES string of the molecule is CN=C(NCc1ccc2c(c1)OCO2)NCC1(SC)CCOCC1.I. The fourth-order valence-corrected chi connectivity index (χ4v) is 3.69. The van der Waals surface area contributed by atoms with E-state index in [0.29, 0.717) is 13.3 Å². The van der Waals surface area contributed by atoms with Gasteiger partial charge in [-0.1, -0.05) is 6.07 Å². The number of ether oxygens (including phenoxy) is 3. The number of fused-ring (bicyclic) bond motifs is 1. The predicted octanol–water partition coefficient (Wildman–Crippen LogP) is 2.61. The fourth-order valence-electron chi connectivity index (χ4n) is 2.90. The second-order valence-electron chi connectivity index (χ2n) is 5.97. The summed E-state index contributed by atoms with van der Waals surface area (Å²) in [7, 11) is 1.80. The second-order valence-corrected chi connectivity index (χ2v) is 7.24. The van der Waals surface area contributed by atoms with Crippen molar-refractivity contribution in [1.82, 2.24) is 10.6 Å². The smallest absolute Gasteiger partial charge is 0.231 e. The van der Waals surface area contributed by atoms with Gasteiger partial charge in [0.05, 0.1) is 0 Å². The summed E-state index contributed by atoms with van der Waals surface area (Å²) in [6, 6.07) is 5.99.